The number of nitrogens with zero attached hydrogens (tertiary/aromatic N) is 2. The van der Waals surface area contributed by atoms with E-state index in [2.05, 4.69) is 20.6 Å². The van der Waals surface area contributed by atoms with E-state index in [0.717, 1.165) is 18.2 Å². The molecule has 0 saturated heterocycles. The monoisotopic (exact) mass is 265 g/mol. The Labute approximate surface area is 108 Å². The molecule has 0 radical (unpaired) electrons. The van der Waals surface area contributed by atoms with Crippen molar-refractivity contribution in [2.24, 2.45) is 5.73 Å². The van der Waals surface area contributed by atoms with Gasteiger partial charge in [-0.15, -0.1) is 0 Å². The Hall–Kier alpha value is -2.28. The van der Waals surface area contributed by atoms with Gasteiger partial charge in [0.15, 0.2) is 0 Å². The number of hydrogen-bond donors (Lipinski definition) is 3. The van der Waals surface area contributed by atoms with Crippen molar-refractivity contribution in [3.63, 3.8) is 0 Å². The largest absolute Gasteiger partial charge is 0.369 e. The van der Waals surface area contributed by atoms with Gasteiger partial charge in [0.25, 0.3) is 0 Å². The summed E-state index contributed by atoms with van der Waals surface area (Å²) in [6.45, 7) is 1.02. The number of aromatic nitrogens is 2. The number of halogens is 2. The van der Waals surface area contributed by atoms with E-state index in [9.17, 15) is 8.78 Å². The van der Waals surface area contributed by atoms with Crippen LogP contribution in [0.15, 0.2) is 30.6 Å². The second kappa shape index (κ2) is 6.05. The lowest BCUT2D eigenvalue weighted by atomic mass is 10.3. The molecule has 100 valence electrons. The molecule has 0 aliphatic rings. The van der Waals surface area contributed by atoms with Crippen molar-refractivity contribution in [2.75, 3.05) is 23.7 Å². The molecule has 0 atom stereocenters. The first kappa shape index (κ1) is 13.2. The lowest BCUT2D eigenvalue weighted by Gasteiger charge is -2.08. The summed E-state index contributed by atoms with van der Waals surface area (Å²) in [5.41, 5.74) is 5.38. The van der Waals surface area contributed by atoms with Crippen molar-refractivity contribution in [1.29, 1.82) is 0 Å². The minimum Gasteiger partial charge on any atom is -0.369 e. The molecule has 1 heterocycles. The van der Waals surface area contributed by atoms with E-state index < -0.39 is 11.6 Å². The van der Waals surface area contributed by atoms with Crippen molar-refractivity contribution in [3.8, 4) is 0 Å². The highest BCUT2D eigenvalue weighted by atomic mass is 19.1. The summed E-state index contributed by atoms with van der Waals surface area (Å²) in [4.78, 5) is 7.90. The Morgan fingerprint density at radius 1 is 1.11 bits per heavy atom. The van der Waals surface area contributed by atoms with Crippen molar-refractivity contribution >= 4 is 17.3 Å². The number of nitrogens with one attached hydrogen (secondary N) is 2. The summed E-state index contributed by atoms with van der Waals surface area (Å²) in [5.74, 6) is -0.172. The van der Waals surface area contributed by atoms with Gasteiger partial charge in [0.1, 0.15) is 29.6 Å². The Morgan fingerprint density at radius 2 is 1.89 bits per heavy atom. The molecule has 19 heavy (non-hydrogen) atoms. The van der Waals surface area contributed by atoms with Gasteiger partial charge < -0.3 is 16.4 Å². The van der Waals surface area contributed by atoms with Gasteiger partial charge in [0, 0.05) is 25.2 Å². The molecule has 0 spiro atoms. The fraction of sp³-hybridized carbons (Fsp3) is 0.167. The van der Waals surface area contributed by atoms with Crippen molar-refractivity contribution in [3.05, 3.63) is 42.2 Å². The molecule has 0 aliphatic carbocycles. The Kier molecular flexibility index (Phi) is 4.19. The van der Waals surface area contributed by atoms with Gasteiger partial charge in [-0.2, -0.15) is 0 Å². The highest BCUT2D eigenvalue weighted by Gasteiger charge is 2.05. The topological polar surface area (TPSA) is 75.9 Å². The Bertz CT molecular complexity index is 562. The van der Waals surface area contributed by atoms with Crippen LogP contribution in [0.5, 0.6) is 0 Å². The predicted octanol–water partition coefficient (Wildman–Crippen LogP) is 1.87. The summed E-state index contributed by atoms with van der Waals surface area (Å²) in [6.07, 6.45) is 1.32. The van der Waals surface area contributed by atoms with E-state index in [1.54, 1.807) is 6.07 Å². The van der Waals surface area contributed by atoms with E-state index in [1.807, 2.05) is 0 Å². The molecule has 0 unspecified atom stereocenters. The summed E-state index contributed by atoms with van der Waals surface area (Å²) in [5, 5.41) is 5.66. The molecule has 0 aliphatic heterocycles. The van der Waals surface area contributed by atoms with Crippen LogP contribution in [0.1, 0.15) is 0 Å². The van der Waals surface area contributed by atoms with Crippen LogP contribution in [0.25, 0.3) is 0 Å². The third kappa shape index (κ3) is 3.59. The molecule has 0 saturated carbocycles. The first-order valence-electron chi connectivity index (χ1n) is 5.67. The zero-order valence-corrected chi connectivity index (χ0v) is 10.0. The van der Waals surface area contributed by atoms with E-state index in [4.69, 9.17) is 5.73 Å². The maximum absolute atomic E-state index is 13.5. The van der Waals surface area contributed by atoms with Gasteiger partial charge in [0.05, 0.1) is 5.69 Å². The zero-order chi connectivity index (χ0) is 13.7. The Balaban J connectivity index is 2.16. The third-order valence-electron chi connectivity index (χ3n) is 2.31. The van der Waals surface area contributed by atoms with Crippen LogP contribution in [-0.4, -0.2) is 23.1 Å². The predicted molar refractivity (Wildman–Crippen MR) is 69.2 cm³/mol. The Morgan fingerprint density at radius 3 is 2.68 bits per heavy atom. The van der Waals surface area contributed by atoms with Crippen LogP contribution in [-0.2, 0) is 0 Å². The fourth-order valence-corrected chi connectivity index (χ4v) is 1.45. The number of rotatable bonds is 5. The normalized spacial score (nSPS) is 10.3. The molecular weight excluding hydrogens is 252 g/mol. The van der Waals surface area contributed by atoms with Gasteiger partial charge in [-0.3, -0.25) is 0 Å². The average Bonchev–Trinajstić information content (AvgIpc) is 2.41. The van der Waals surface area contributed by atoms with Crippen LogP contribution < -0.4 is 16.4 Å². The molecular formula is C12H13F2N5. The average molecular weight is 265 g/mol. The highest BCUT2D eigenvalue weighted by Crippen LogP contribution is 2.20. The van der Waals surface area contributed by atoms with Gasteiger partial charge in [-0.25, -0.2) is 18.7 Å². The molecule has 5 nitrogen and oxygen atoms in total. The highest BCUT2D eigenvalue weighted by molar-refractivity contribution is 5.59. The quantitative estimate of drug-likeness (QED) is 0.769. The molecule has 7 heteroatoms. The van der Waals surface area contributed by atoms with Crippen LogP contribution in [0, 0.1) is 11.6 Å². The zero-order valence-electron chi connectivity index (χ0n) is 10.0. The number of hydrogen-bond acceptors (Lipinski definition) is 5. The van der Waals surface area contributed by atoms with Crippen LogP contribution >= 0.6 is 0 Å². The maximum Gasteiger partial charge on any atom is 0.146 e. The first-order valence-corrected chi connectivity index (χ1v) is 5.67. The molecule has 1 aromatic heterocycles. The lowest BCUT2D eigenvalue weighted by molar-refractivity contribution is 0.603. The van der Waals surface area contributed by atoms with E-state index >= 15 is 0 Å². The smallest absolute Gasteiger partial charge is 0.146 e. The summed E-state index contributed by atoms with van der Waals surface area (Å²) < 4.78 is 26.5. The maximum atomic E-state index is 13.5. The number of anilines is 3. The number of nitrogens with two attached hydrogens (primary N) is 1. The van der Waals surface area contributed by atoms with Crippen molar-refractivity contribution in [2.45, 2.75) is 0 Å². The van der Waals surface area contributed by atoms with Crippen LogP contribution in [0.4, 0.5) is 26.1 Å². The summed E-state index contributed by atoms with van der Waals surface area (Å²) in [7, 11) is 0. The standard InChI is InChI=1S/C12H13F2N5/c13-8-1-2-9(14)10(5-8)19-12-6-11(16-4-3-15)17-7-18-12/h1-2,5-7H,3-4,15H2,(H2,16,17,18,19). The molecule has 2 rings (SSSR count). The lowest BCUT2D eigenvalue weighted by Crippen LogP contribution is -2.14. The van der Waals surface area contributed by atoms with E-state index in [1.165, 1.54) is 6.33 Å². The summed E-state index contributed by atoms with van der Waals surface area (Å²) in [6, 6.07) is 4.74. The second-order valence-electron chi connectivity index (χ2n) is 3.75. The molecule has 0 bridgehead atoms. The van der Waals surface area contributed by atoms with Gasteiger partial charge in [-0.1, -0.05) is 0 Å². The minimum atomic E-state index is -0.559. The van der Waals surface area contributed by atoms with E-state index in [-0.39, 0.29) is 5.69 Å². The van der Waals surface area contributed by atoms with Crippen LogP contribution in [0.3, 0.4) is 0 Å². The first-order chi connectivity index (χ1) is 9.19. The SMILES string of the molecule is NCCNc1cc(Nc2cc(F)ccc2F)ncn1. The van der Waals surface area contributed by atoms with Crippen LogP contribution in [0.2, 0.25) is 0 Å². The van der Waals surface area contributed by atoms with E-state index in [0.29, 0.717) is 24.7 Å². The number of benzene rings is 1. The molecule has 2 aromatic rings. The van der Waals surface area contributed by atoms with Crippen molar-refractivity contribution in [1.82, 2.24) is 9.97 Å². The molecule has 0 fully saturated rings. The second-order valence-corrected chi connectivity index (χ2v) is 3.75. The molecule has 1 aromatic carbocycles. The van der Waals surface area contributed by atoms with Gasteiger partial charge in [0.2, 0.25) is 0 Å². The van der Waals surface area contributed by atoms with Gasteiger partial charge >= 0.3 is 0 Å². The third-order valence-corrected chi connectivity index (χ3v) is 2.31. The molecule has 4 N–H and O–H groups in total. The van der Waals surface area contributed by atoms with Gasteiger partial charge in [-0.05, 0) is 12.1 Å². The minimum absolute atomic E-state index is 0.0171. The molecule has 0 amide bonds. The summed E-state index contributed by atoms with van der Waals surface area (Å²) >= 11 is 0. The fourth-order valence-electron chi connectivity index (χ4n) is 1.45. The van der Waals surface area contributed by atoms with Crippen molar-refractivity contribution < 1.29 is 8.78 Å².